The lowest BCUT2D eigenvalue weighted by Gasteiger charge is -2.13. The average molecular weight is 454 g/mol. The highest BCUT2D eigenvalue weighted by atomic mass is 35.5. The van der Waals surface area contributed by atoms with Gasteiger partial charge in [-0.2, -0.15) is 0 Å². The van der Waals surface area contributed by atoms with Crippen LogP contribution in [-0.2, 0) is 10.0 Å². The Bertz CT molecular complexity index is 1160. The third-order valence-electron chi connectivity index (χ3n) is 3.88. The first-order valence-corrected chi connectivity index (χ1v) is 10.3. The Morgan fingerprint density at radius 2 is 1.55 bits per heavy atom. The summed E-state index contributed by atoms with van der Waals surface area (Å²) in [5.74, 6) is -1.16. The van der Waals surface area contributed by atoms with Crippen molar-refractivity contribution in [2.45, 2.75) is 4.90 Å². The van der Waals surface area contributed by atoms with E-state index in [9.17, 15) is 17.6 Å². The molecule has 10 heteroatoms. The number of rotatable bonds is 5. The topological polar surface area (TPSA) is 101 Å². The minimum absolute atomic E-state index is 0.0435. The monoisotopic (exact) mass is 453 g/mol. The second-order valence-electron chi connectivity index (χ2n) is 5.91. The summed E-state index contributed by atoms with van der Waals surface area (Å²) in [4.78, 5) is 12.5. The molecule has 0 unspecified atom stereocenters. The van der Waals surface area contributed by atoms with Crippen molar-refractivity contribution in [2.24, 2.45) is 0 Å². The fourth-order valence-electron chi connectivity index (χ4n) is 2.44. The zero-order valence-corrected chi connectivity index (χ0v) is 16.9. The maximum absolute atomic E-state index is 13.1. The van der Waals surface area contributed by atoms with Crippen LogP contribution in [0.3, 0.4) is 0 Å². The maximum Gasteiger partial charge on any atom is 0.261 e. The van der Waals surface area contributed by atoms with Crippen LogP contribution in [0, 0.1) is 5.82 Å². The number of halogens is 3. The summed E-state index contributed by atoms with van der Waals surface area (Å²) in [5, 5.41) is 2.92. The second-order valence-corrected chi connectivity index (χ2v) is 8.41. The van der Waals surface area contributed by atoms with Crippen molar-refractivity contribution >= 4 is 56.2 Å². The van der Waals surface area contributed by atoms with Crippen LogP contribution >= 0.6 is 23.2 Å². The Balaban J connectivity index is 1.89. The van der Waals surface area contributed by atoms with Crippen LogP contribution in [0.25, 0.3) is 0 Å². The molecule has 1 amide bonds. The minimum Gasteiger partial charge on any atom is -0.396 e. The van der Waals surface area contributed by atoms with Gasteiger partial charge in [0.05, 0.1) is 31.9 Å². The van der Waals surface area contributed by atoms with Crippen LogP contribution in [0.1, 0.15) is 10.4 Å². The van der Waals surface area contributed by atoms with Crippen LogP contribution in [0.2, 0.25) is 10.0 Å². The van der Waals surface area contributed by atoms with E-state index in [1.54, 1.807) is 12.1 Å². The standard InChI is InChI=1S/C19H14Cl2FN3O3S/c20-15-9-12(10-16(21)18(15)23)24-19(26)14-3-1-2-4-17(14)25-29(27,28)13-7-5-11(22)6-8-13/h1-10,25H,23H2,(H,24,26). The molecule has 0 fully saturated rings. The zero-order chi connectivity index (χ0) is 21.2. The van der Waals surface area contributed by atoms with E-state index in [1.165, 1.54) is 24.3 Å². The first kappa shape index (κ1) is 20.9. The van der Waals surface area contributed by atoms with Crippen molar-refractivity contribution in [2.75, 3.05) is 15.8 Å². The second kappa shape index (κ2) is 8.28. The quantitative estimate of drug-likeness (QED) is 0.484. The molecule has 3 aromatic rings. The number of carbonyl (C=O) groups excluding carboxylic acids is 1. The lowest BCUT2D eigenvalue weighted by Crippen LogP contribution is -2.18. The van der Waals surface area contributed by atoms with Gasteiger partial charge in [0.1, 0.15) is 5.82 Å². The van der Waals surface area contributed by atoms with Gasteiger partial charge in [-0.15, -0.1) is 0 Å². The Kier molecular flexibility index (Phi) is 5.97. The summed E-state index contributed by atoms with van der Waals surface area (Å²) in [6.07, 6.45) is 0. The van der Waals surface area contributed by atoms with Crippen LogP contribution in [0.5, 0.6) is 0 Å². The highest BCUT2D eigenvalue weighted by Crippen LogP contribution is 2.31. The maximum atomic E-state index is 13.1. The summed E-state index contributed by atoms with van der Waals surface area (Å²) in [5.41, 5.74) is 6.24. The summed E-state index contributed by atoms with van der Waals surface area (Å²) in [6, 6.07) is 13.2. The number of amides is 1. The molecule has 3 rings (SSSR count). The van der Waals surface area contributed by atoms with Gasteiger partial charge in [0.15, 0.2) is 0 Å². The van der Waals surface area contributed by atoms with Gasteiger partial charge in [0.2, 0.25) is 0 Å². The van der Waals surface area contributed by atoms with E-state index in [0.717, 1.165) is 24.3 Å². The number of carbonyl (C=O) groups is 1. The molecule has 4 N–H and O–H groups in total. The summed E-state index contributed by atoms with van der Waals surface area (Å²) >= 11 is 11.9. The highest BCUT2D eigenvalue weighted by Gasteiger charge is 2.19. The fraction of sp³-hybridized carbons (Fsp3) is 0. The number of hydrogen-bond acceptors (Lipinski definition) is 4. The molecular formula is C19H14Cl2FN3O3S. The number of para-hydroxylation sites is 1. The van der Waals surface area contributed by atoms with Crippen molar-refractivity contribution in [3.8, 4) is 0 Å². The molecule has 0 heterocycles. The molecule has 6 nitrogen and oxygen atoms in total. The molecule has 0 aliphatic carbocycles. The summed E-state index contributed by atoms with van der Waals surface area (Å²) in [7, 11) is -4.03. The zero-order valence-electron chi connectivity index (χ0n) is 14.6. The summed E-state index contributed by atoms with van der Waals surface area (Å²) in [6.45, 7) is 0. The van der Waals surface area contributed by atoms with Gasteiger partial charge >= 0.3 is 0 Å². The molecule has 0 aliphatic heterocycles. The van der Waals surface area contributed by atoms with Gasteiger partial charge < -0.3 is 11.1 Å². The number of nitrogens with two attached hydrogens (primary N) is 1. The SMILES string of the molecule is Nc1c(Cl)cc(NC(=O)c2ccccc2NS(=O)(=O)c2ccc(F)cc2)cc1Cl. The lowest BCUT2D eigenvalue weighted by molar-refractivity contribution is 0.102. The van der Waals surface area contributed by atoms with Crippen LogP contribution in [0.4, 0.5) is 21.5 Å². The number of nitrogen functional groups attached to an aromatic ring is 1. The molecular weight excluding hydrogens is 440 g/mol. The third kappa shape index (κ3) is 4.79. The van der Waals surface area contributed by atoms with E-state index in [4.69, 9.17) is 28.9 Å². The van der Waals surface area contributed by atoms with Crippen molar-refractivity contribution in [3.05, 3.63) is 82.1 Å². The molecule has 0 saturated heterocycles. The van der Waals surface area contributed by atoms with Crippen LogP contribution < -0.4 is 15.8 Å². The predicted octanol–water partition coefficient (Wildman–Crippen LogP) is 4.77. The largest absolute Gasteiger partial charge is 0.396 e. The van der Waals surface area contributed by atoms with E-state index in [0.29, 0.717) is 0 Å². The Hall–Kier alpha value is -2.81. The smallest absolute Gasteiger partial charge is 0.261 e. The highest BCUT2D eigenvalue weighted by molar-refractivity contribution is 7.92. The molecule has 0 spiro atoms. The molecule has 3 aromatic carbocycles. The minimum atomic E-state index is -4.03. The number of hydrogen-bond donors (Lipinski definition) is 3. The lowest BCUT2D eigenvalue weighted by atomic mass is 10.1. The molecule has 0 aliphatic rings. The van der Waals surface area contributed by atoms with E-state index >= 15 is 0 Å². The molecule has 0 aromatic heterocycles. The van der Waals surface area contributed by atoms with Crippen LogP contribution in [-0.4, -0.2) is 14.3 Å². The molecule has 29 heavy (non-hydrogen) atoms. The van der Waals surface area contributed by atoms with E-state index in [1.807, 2.05) is 0 Å². The Labute approximate surface area is 176 Å². The van der Waals surface area contributed by atoms with Gasteiger partial charge in [0, 0.05) is 5.69 Å². The normalized spacial score (nSPS) is 11.1. The van der Waals surface area contributed by atoms with Gasteiger partial charge in [-0.3, -0.25) is 9.52 Å². The fourth-order valence-corrected chi connectivity index (χ4v) is 4.01. The van der Waals surface area contributed by atoms with Gasteiger partial charge in [-0.25, -0.2) is 12.8 Å². The molecule has 0 radical (unpaired) electrons. The van der Waals surface area contributed by atoms with E-state index < -0.39 is 21.7 Å². The summed E-state index contributed by atoms with van der Waals surface area (Å²) < 4.78 is 40.5. The Morgan fingerprint density at radius 1 is 0.966 bits per heavy atom. The van der Waals surface area contributed by atoms with Gasteiger partial charge in [-0.1, -0.05) is 35.3 Å². The van der Waals surface area contributed by atoms with Crippen LogP contribution in [0.15, 0.2) is 65.6 Å². The molecule has 0 atom stereocenters. The number of nitrogens with one attached hydrogen (secondary N) is 2. The van der Waals surface area contributed by atoms with E-state index in [-0.39, 0.29) is 37.6 Å². The van der Waals surface area contributed by atoms with Crippen molar-refractivity contribution < 1.29 is 17.6 Å². The molecule has 0 bridgehead atoms. The average Bonchev–Trinajstić information content (AvgIpc) is 2.66. The van der Waals surface area contributed by atoms with Crippen molar-refractivity contribution in [3.63, 3.8) is 0 Å². The van der Waals surface area contributed by atoms with Crippen molar-refractivity contribution in [1.82, 2.24) is 0 Å². The number of benzene rings is 3. The predicted molar refractivity (Wildman–Crippen MR) is 112 cm³/mol. The van der Waals surface area contributed by atoms with Gasteiger partial charge in [-0.05, 0) is 48.5 Å². The van der Waals surface area contributed by atoms with Gasteiger partial charge in [0.25, 0.3) is 15.9 Å². The van der Waals surface area contributed by atoms with Crippen molar-refractivity contribution in [1.29, 1.82) is 0 Å². The molecule has 150 valence electrons. The molecule has 0 saturated carbocycles. The third-order valence-corrected chi connectivity index (χ3v) is 5.88. The first-order chi connectivity index (χ1) is 13.7. The number of anilines is 3. The first-order valence-electron chi connectivity index (χ1n) is 8.10. The Morgan fingerprint density at radius 3 is 2.17 bits per heavy atom. The van der Waals surface area contributed by atoms with E-state index in [2.05, 4.69) is 10.0 Å². The number of sulfonamides is 1.